The molecule has 40 heavy (non-hydrogen) atoms. The van der Waals surface area contributed by atoms with Gasteiger partial charge < -0.3 is 25.4 Å². The van der Waals surface area contributed by atoms with E-state index < -0.39 is 47.3 Å². The minimum atomic E-state index is -5.04. The van der Waals surface area contributed by atoms with Gasteiger partial charge in [-0.05, 0) is 48.9 Å². The Bertz CT molecular complexity index is 1510. The van der Waals surface area contributed by atoms with Gasteiger partial charge in [0.05, 0.1) is 23.1 Å². The Kier molecular flexibility index (Phi) is 5.82. The van der Waals surface area contributed by atoms with Crippen molar-refractivity contribution in [2.75, 3.05) is 10.6 Å². The molecule has 0 unspecified atom stereocenters. The molecule has 0 saturated heterocycles. The third kappa shape index (κ3) is 4.84. The average molecular weight is 564 g/mol. The van der Waals surface area contributed by atoms with E-state index in [-0.39, 0.29) is 17.9 Å². The molecule has 2 aliphatic heterocycles. The topological polar surface area (TPSA) is 102 Å². The first kappa shape index (κ1) is 25.8. The molecule has 1 fully saturated rings. The van der Waals surface area contributed by atoms with Crippen molar-refractivity contribution in [3.63, 3.8) is 0 Å². The maximum absolute atomic E-state index is 13.1. The summed E-state index contributed by atoms with van der Waals surface area (Å²) in [5.74, 6) is 1.55. The zero-order valence-electron chi connectivity index (χ0n) is 20.1. The Morgan fingerprint density at radius 1 is 1.00 bits per heavy atom. The van der Waals surface area contributed by atoms with E-state index in [0.717, 1.165) is 11.1 Å². The number of ether oxygens (including phenoxy) is 2. The van der Waals surface area contributed by atoms with E-state index in [0.29, 0.717) is 48.0 Å². The molecule has 0 spiro atoms. The molecule has 8 nitrogen and oxygen atoms in total. The molecule has 3 aromatic rings. The number of carbonyl (C=O) groups is 2. The van der Waals surface area contributed by atoms with Crippen molar-refractivity contribution in [1.29, 1.82) is 0 Å². The van der Waals surface area contributed by atoms with Crippen LogP contribution in [0.2, 0.25) is 0 Å². The maximum atomic E-state index is 13.1. The maximum Gasteiger partial charge on any atom is 0.416 e. The average Bonchev–Trinajstić information content (AvgIpc) is 3.38. The van der Waals surface area contributed by atoms with Gasteiger partial charge in [0.25, 0.3) is 0 Å². The number of alkyl halides is 6. The second-order valence-electron chi connectivity index (χ2n) is 9.51. The van der Waals surface area contributed by atoms with Crippen molar-refractivity contribution in [1.82, 2.24) is 10.3 Å². The van der Waals surface area contributed by atoms with Gasteiger partial charge >= 0.3 is 18.4 Å². The van der Waals surface area contributed by atoms with Crippen LogP contribution < -0.4 is 25.4 Å². The number of fused-ring (bicyclic) bond motifs is 4. The highest BCUT2D eigenvalue weighted by Gasteiger charge is 2.59. The summed E-state index contributed by atoms with van der Waals surface area (Å²) in [6.07, 6.45) is -8.27. The van der Waals surface area contributed by atoms with Crippen molar-refractivity contribution in [3.05, 3.63) is 70.9 Å². The van der Waals surface area contributed by atoms with Crippen LogP contribution in [0.3, 0.4) is 0 Å². The molecular formula is C26H18F6N4O4. The fourth-order valence-electron chi connectivity index (χ4n) is 4.90. The van der Waals surface area contributed by atoms with Crippen LogP contribution >= 0.6 is 0 Å². The molecule has 3 aliphatic rings. The zero-order chi connectivity index (χ0) is 28.4. The van der Waals surface area contributed by atoms with Gasteiger partial charge in [-0.3, -0.25) is 4.79 Å². The Balaban J connectivity index is 1.15. The Morgan fingerprint density at radius 3 is 2.42 bits per heavy atom. The molecule has 6 rings (SSSR count). The van der Waals surface area contributed by atoms with Crippen molar-refractivity contribution in [3.8, 4) is 17.2 Å². The number of benzene rings is 2. The Hall–Kier alpha value is -4.49. The lowest BCUT2D eigenvalue weighted by atomic mass is 10.1. The normalized spacial score (nSPS) is 20.9. The number of carbonyl (C=O) groups excluding carboxylic acids is 2. The van der Waals surface area contributed by atoms with Gasteiger partial charge in [0.2, 0.25) is 5.91 Å². The standard InChI is InChI=1S/C26H18F6N4O4/c27-25(28,29)11-7-12(26(30,31)32)9-13(8-11)34-24(38)36-21-20-16-10-14(1-3-17(16)40-22(20)21)39-18-5-6-33-23-15(18)2-4-19(37)35-23/h1,3,5-10,20-22H,2,4H2,(H,33,35,37)(H2,34,36,38)/t20-,21-,22-/m0/s1. The largest absolute Gasteiger partial charge is 0.487 e. The van der Waals surface area contributed by atoms with E-state index in [2.05, 4.69) is 20.9 Å². The Morgan fingerprint density at radius 2 is 1.73 bits per heavy atom. The van der Waals surface area contributed by atoms with Crippen LogP contribution in [0, 0.1) is 0 Å². The van der Waals surface area contributed by atoms with Crippen molar-refractivity contribution in [2.24, 2.45) is 0 Å². The number of anilines is 2. The number of hydrogen-bond acceptors (Lipinski definition) is 5. The van der Waals surface area contributed by atoms with E-state index in [1.165, 1.54) is 6.20 Å². The molecule has 3 amide bonds. The number of halogens is 6. The summed E-state index contributed by atoms with van der Waals surface area (Å²) in [6.45, 7) is 0. The number of urea groups is 1. The minimum Gasteiger partial charge on any atom is -0.487 e. The molecule has 3 heterocycles. The van der Waals surface area contributed by atoms with E-state index >= 15 is 0 Å². The SMILES string of the molecule is O=C1CCc2c(Oc3ccc4c(c3)[C@H]3[C@H](NC(=O)Nc5cc(C(F)(F)F)cc(C(F)(F)F)c5)[C@H]3O4)ccnc2N1. The summed E-state index contributed by atoms with van der Waals surface area (Å²) in [6, 6.07) is 6.11. The number of rotatable bonds is 4. The second-order valence-corrected chi connectivity index (χ2v) is 9.51. The summed E-state index contributed by atoms with van der Waals surface area (Å²) in [5.41, 5.74) is -2.25. The number of pyridine rings is 1. The summed E-state index contributed by atoms with van der Waals surface area (Å²) < 4.78 is 90.6. The molecule has 3 N–H and O–H groups in total. The van der Waals surface area contributed by atoms with Crippen LogP contribution in [-0.4, -0.2) is 29.1 Å². The van der Waals surface area contributed by atoms with E-state index in [1.807, 2.05) is 0 Å². The molecule has 2 aromatic carbocycles. The smallest absolute Gasteiger partial charge is 0.416 e. The number of hydrogen-bond donors (Lipinski definition) is 3. The second kappa shape index (κ2) is 9.03. The fourth-order valence-corrected chi connectivity index (χ4v) is 4.90. The van der Waals surface area contributed by atoms with Gasteiger partial charge in [-0.15, -0.1) is 0 Å². The van der Waals surface area contributed by atoms with Gasteiger partial charge in [0.15, 0.2) is 0 Å². The van der Waals surface area contributed by atoms with Crippen molar-refractivity contribution < 1.29 is 45.4 Å². The highest BCUT2D eigenvalue weighted by atomic mass is 19.4. The van der Waals surface area contributed by atoms with Gasteiger partial charge in [0, 0.05) is 29.4 Å². The van der Waals surface area contributed by atoms with Gasteiger partial charge in [-0.1, -0.05) is 0 Å². The Labute approximate surface area is 221 Å². The first-order valence-corrected chi connectivity index (χ1v) is 12.0. The summed E-state index contributed by atoms with van der Waals surface area (Å²) in [7, 11) is 0. The molecule has 14 heteroatoms. The van der Waals surface area contributed by atoms with Crippen LogP contribution in [0.4, 0.5) is 42.6 Å². The van der Waals surface area contributed by atoms with Gasteiger partial charge in [-0.2, -0.15) is 26.3 Å². The molecule has 0 bridgehead atoms. The highest BCUT2D eigenvalue weighted by Crippen LogP contribution is 2.54. The molecule has 1 aromatic heterocycles. The summed E-state index contributed by atoms with van der Waals surface area (Å²) in [5, 5.41) is 7.31. The quantitative estimate of drug-likeness (QED) is 0.346. The summed E-state index contributed by atoms with van der Waals surface area (Å²) in [4.78, 5) is 28.3. The van der Waals surface area contributed by atoms with Crippen LogP contribution in [-0.2, 0) is 23.6 Å². The number of nitrogens with zero attached hydrogens (tertiary/aromatic N) is 1. The third-order valence-corrected chi connectivity index (χ3v) is 6.80. The first-order chi connectivity index (χ1) is 18.9. The monoisotopic (exact) mass is 564 g/mol. The van der Waals surface area contributed by atoms with Crippen LogP contribution in [0.25, 0.3) is 0 Å². The molecule has 0 radical (unpaired) electrons. The lowest BCUT2D eigenvalue weighted by molar-refractivity contribution is -0.143. The zero-order valence-corrected chi connectivity index (χ0v) is 20.1. The van der Waals surface area contributed by atoms with Crippen molar-refractivity contribution in [2.45, 2.75) is 43.3 Å². The number of nitrogens with one attached hydrogen (secondary N) is 3. The van der Waals surface area contributed by atoms with Gasteiger partial charge in [0.1, 0.15) is 29.2 Å². The molecular weight excluding hydrogens is 546 g/mol. The fraction of sp³-hybridized carbons (Fsp3) is 0.269. The minimum absolute atomic E-state index is 0.0173. The van der Waals surface area contributed by atoms with Crippen LogP contribution in [0.15, 0.2) is 48.7 Å². The van der Waals surface area contributed by atoms with Crippen LogP contribution in [0.1, 0.15) is 34.6 Å². The molecule has 1 saturated carbocycles. The third-order valence-electron chi connectivity index (χ3n) is 6.80. The first-order valence-electron chi connectivity index (χ1n) is 12.0. The summed E-state index contributed by atoms with van der Waals surface area (Å²) >= 11 is 0. The van der Waals surface area contributed by atoms with E-state index in [4.69, 9.17) is 9.47 Å². The lowest BCUT2D eigenvalue weighted by Gasteiger charge is -2.19. The number of aromatic nitrogens is 1. The highest BCUT2D eigenvalue weighted by molar-refractivity contribution is 5.93. The molecule has 208 valence electrons. The van der Waals surface area contributed by atoms with Crippen LogP contribution in [0.5, 0.6) is 17.2 Å². The predicted octanol–water partition coefficient (Wildman–Crippen LogP) is 5.84. The van der Waals surface area contributed by atoms with E-state index in [1.54, 1.807) is 24.3 Å². The molecule has 3 atom stereocenters. The van der Waals surface area contributed by atoms with E-state index in [9.17, 15) is 35.9 Å². The predicted molar refractivity (Wildman–Crippen MR) is 127 cm³/mol. The molecule has 1 aliphatic carbocycles. The van der Waals surface area contributed by atoms with Gasteiger partial charge in [-0.25, -0.2) is 9.78 Å². The lowest BCUT2D eigenvalue weighted by Crippen LogP contribution is -2.34. The number of amides is 3. The van der Waals surface area contributed by atoms with Crippen molar-refractivity contribution >= 4 is 23.4 Å².